The minimum Gasteiger partial charge on any atom is -0.480 e. The van der Waals surface area contributed by atoms with Gasteiger partial charge in [0, 0.05) is 27.2 Å². The van der Waals surface area contributed by atoms with Crippen molar-refractivity contribution in [3.63, 3.8) is 0 Å². The summed E-state index contributed by atoms with van der Waals surface area (Å²) in [6.07, 6.45) is 0. The van der Waals surface area contributed by atoms with Crippen molar-refractivity contribution < 1.29 is 29.0 Å². The van der Waals surface area contributed by atoms with E-state index in [9.17, 15) is 19.2 Å². The predicted molar refractivity (Wildman–Crippen MR) is 67.1 cm³/mol. The summed E-state index contributed by atoms with van der Waals surface area (Å²) < 4.78 is 4.49. The monoisotopic (exact) mass is 290 g/mol. The fraction of sp³-hybridized carbons (Fsp3) is 0.600. The van der Waals surface area contributed by atoms with Crippen molar-refractivity contribution in [2.45, 2.75) is 0 Å². The van der Waals surface area contributed by atoms with E-state index >= 15 is 0 Å². The van der Waals surface area contributed by atoms with Gasteiger partial charge in [-0.2, -0.15) is 0 Å². The topological polar surface area (TPSA) is 137 Å². The van der Waals surface area contributed by atoms with Crippen LogP contribution < -0.4 is 16.0 Å². The summed E-state index contributed by atoms with van der Waals surface area (Å²) in [5, 5.41) is 15.0. The first-order chi connectivity index (χ1) is 9.32. The molecular weight excluding hydrogens is 272 g/mol. The average molecular weight is 290 g/mol. The van der Waals surface area contributed by atoms with Gasteiger partial charge in [0.15, 0.2) is 0 Å². The number of carboxylic acid groups (broad SMARTS) is 1. The van der Waals surface area contributed by atoms with Crippen molar-refractivity contribution in [2.75, 3.05) is 40.4 Å². The predicted octanol–water partition coefficient (Wildman–Crippen LogP) is -1.82. The summed E-state index contributed by atoms with van der Waals surface area (Å²) in [6, 6.07) is -1.06. The molecule has 0 aliphatic carbocycles. The lowest BCUT2D eigenvalue weighted by Crippen LogP contribution is -2.45. The zero-order chi connectivity index (χ0) is 15.5. The molecule has 0 aliphatic rings. The maximum atomic E-state index is 11.2. The number of carbonyl (C=O) groups is 4. The first kappa shape index (κ1) is 17.6. The number of aliphatic carboxylic acids is 1. The molecule has 0 heterocycles. The van der Waals surface area contributed by atoms with E-state index in [0.717, 1.165) is 0 Å². The molecule has 0 bridgehead atoms. The van der Waals surface area contributed by atoms with E-state index in [1.165, 1.54) is 4.90 Å². The van der Waals surface area contributed by atoms with Gasteiger partial charge in [0.05, 0.1) is 0 Å². The van der Waals surface area contributed by atoms with Crippen LogP contribution in [0.25, 0.3) is 0 Å². The van der Waals surface area contributed by atoms with Gasteiger partial charge in [-0.05, 0) is 0 Å². The quantitative estimate of drug-likeness (QED) is 0.408. The van der Waals surface area contributed by atoms with E-state index in [4.69, 9.17) is 5.11 Å². The number of rotatable bonds is 7. The maximum Gasteiger partial charge on any atom is 0.329 e. The highest BCUT2D eigenvalue weighted by molar-refractivity contribution is 5.94. The first-order valence-electron chi connectivity index (χ1n) is 5.65. The van der Waals surface area contributed by atoms with Crippen LogP contribution in [0.2, 0.25) is 0 Å². The standard InChI is InChI=1S/C10H18N4O6/c1-14(2)10(19)12-4-3-11-9(18)13-7(15)5-20-6-8(16)17/h3-6H2,1-2H3,(H,12,19)(H,16,17)(H2,11,13,15,18). The SMILES string of the molecule is CN(C)C(=O)NCCNC(=O)NC(=O)COCC(=O)O. The zero-order valence-corrected chi connectivity index (χ0v) is 11.3. The van der Waals surface area contributed by atoms with Crippen LogP contribution in [-0.4, -0.2) is 74.3 Å². The fourth-order valence-electron chi connectivity index (χ4n) is 0.942. The molecule has 0 atom stereocenters. The van der Waals surface area contributed by atoms with Crippen LogP contribution in [0.15, 0.2) is 0 Å². The normalized spacial score (nSPS) is 9.50. The Labute approximate surface area is 115 Å². The highest BCUT2D eigenvalue weighted by Gasteiger charge is 2.08. The second-order valence-corrected chi connectivity index (χ2v) is 3.82. The highest BCUT2D eigenvalue weighted by Crippen LogP contribution is 1.77. The van der Waals surface area contributed by atoms with Gasteiger partial charge in [0.1, 0.15) is 13.2 Å². The van der Waals surface area contributed by atoms with Crippen molar-refractivity contribution >= 4 is 23.9 Å². The number of amides is 5. The summed E-state index contributed by atoms with van der Waals surface area (Å²) in [5.74, 6) is -1.97. The Morgan fingerprint density at radius 2 is 1.65 bits per heavy atom. The molecule has 0 unspecified atom stereocenters. The lowest BCUT2D eigenvalue weighted by atomic mass is 10.6. The molecule has 0 fully saturated rings. The number of ether oxygens (including phenoxy) is 1. The van der Waals surface area contributed by atoms with Gasteiger partial charge in [-0.15, -0.1) is 0 Å². The Balaban J connectivity index is 3.65. The maximum absolute atomic E-state index is 11.2. The number of hydrogen-bond donors (Lipinski definition) is 4. The molecule has 0 saturated carbocycles. The van der Waals surface area contributed by atoms with Crippen molar-refractivity contribution in [2.24, 2.45) is 0 Å². The average Bonchev–Trinajstić information content (AvgIpc) is 2.33. The Morgan fingerprint density at radius 1 is 1.05 bits per heavy atom. The molecule has 20 heavy (non-hydrogen) atoms. The van der Waals surface area contributed by atoms with E-state index in [0.29, 0.717) is 0 Å². The minimum absolute atomic E-state index is 0.134. The van der Waals surface area contributed by atoms with E-state index in [2.05, 4.69) is 15.4 Å². The van der Waals surface area contributed by atoms with Crippen LogP contribution in [0.5, 0.6) is 0 Å². The Hall–Kier alpha value is -2.36. The van der Waals surface area contributed by atoms with Crippen molar-refractivity contribution in [1.82, 2.24) is 20.9 Å². The number of nitrogens with zero attached hydrogens (tertiary/aromatic N) is 1. The van der Waals surface area contributed by atoms with Gasteiger partial charge < -0.3 is 25.4 Å². The van der Waals surface area contributed by atoms with Crippen LogP contribution in [0.1, 0.15) is 0 Å². The number of carbonyl (C=O) groups excluding carboxylic acids is 3. The molecule has 10 nitrogen and oxygen atoms in total. The van der Waals surface area contributed by atoms with Crippen molar-refractivity contribution in [1.29, 1.82) is 0 Å². The molecule has 114 valence electrons. The molecule has 0 aliphatic heterocycles. The van der Waals surface area contributed by atoms with E-state index in [1.54, 1.807) is 14.1 Å². The second kappa shape index (κ2) is 9.55. The molecule has 0 spiro atoms. The molecule has 0 saturated heterocycles. The summed E-state index contributed by atoms with van der Waals surface area (Å²) in [5.41, 5.74) is 0. The summed E-state index contributed by atoms with van der Waals surface area (Å²) in [6.45, 7) is -0.814. The minimum atomic E-state index is -1.21. The Bertz CT molecular complexity index is 371. The van der Waals surface area contributed by atoms with Gasteiger partial charge >= 0.3 is 18.0 Å². The third-order valence-electron chi connectivity index (χ3n) is 1.80. The molecule has 0 rings (SSSR count). The molecular formula is C10H18N4O6. The van der Waals surface area contributed by atoms with Crippen LogP contribution in [0.4, 0.5) is 9.59 Å². The summed E-state index contributed by atoms with van der Waals surface area (Å²) >= 11 is 0. The van der Waals surface area contributed by atoms with Crippen LogP contribution in [0, 0.1) is 0 Å². The first-order valence-corrected chi connectivity index (χ1v) is 5.65. The van der Waals surface area contributed by atoms with Crippen LogP contribution >= 0.6 is 0 Å². The lowest BCUT2D eigenvalue weighted by Gasteiger charge is -2.12. The van der Waals surface area contributed by atoms with E-state index in [1.807, 2.05) is 5.32 Å². The van der Waals surface area contributed by atoms with Gasteiger partial charge in [-0.25, -0.2) is 14.4 Å². The molecule has 5 amide bonds. The third-order valence-corrected chi connectivity index (χ3v) is 1.80. The van der Waals surface area contributed by atoms with Gasteiger partial charge in [0.2, 0.25) is 0 Å². The zero-order valence-electron chi connectivity index (χ0n) is 11.3. The summed E-state index contributed by atoms with van der Waals surface area (Å²) in [7, 11) is 3.15. The molecule has 0 aromatic carbocycles. The van der Waals surface area contributed by atoms with Gasteiger partial charge in [0.25, 0.3) is 5.91 Å². The van der Waals surface area contributed by atoms with E-state index < -0.39 is 31.1 Å². The van der Waals surface area contributed by atoms with Gasteiger partial charge in [-0.1, -0.05) is 0 Å². The highest BCUT2D eigenvalue weighted by atomic mass is 16.5. The van der Waals surface area contributed by atoms with Crippen molar-refractivity contribution in [3.05, 3.63) is 0 Å². The fourth-order valence-corrected chi connectivity index (χ4v) is 0.942. The molecule has 0 aromatic heterocycles. The molecule has 0 aromatic rings. The number of nitrogens with one attached hydrogen (secondary N) is 3. The lowest BCUT2D eigenvalue weighted by molar-refractivity contribution is -0.143. The Kier molecular flexibility index (Phi) is 8.43. The number of hydrogen-bond acceptors (Lipinski definition) is 5. The van der Waals surface area contributed by atoms with Crippen LogP contribution in [0.3, 0.4) is 0 Å². The Morgan fingerprint density at radius 3 is 2.20 bits per heavy atom. The molecule has 4 N–H and O–H groups in total. The molecule has 10 heteroatoms. The van der Waals surface area contributed by atoms with Crippen LogP contribution in [-0.2, 0) is 14.3 Å². The van der Waals surface area contributed by atoms with E-state index in [-0.39, 0.29) is 19.1 Å². The number of urea groups is 2. The third kappa shape index (κ3) is 9.65. The largest absolute Gasteiger partial charge is 0.480 e. The number of imide groups is 1. The smallest absolute Gasteiger partial charge is 0.329 e. The molecule has 0 radical (unpaired) electrons. The van der Waals surface area contributed by atoms with Crippen molar-refractivity contribution in [3.8, 4) is 0 Å². The summed E-state index contributed by atoms with van der Waals surface area (Å²) in [4.78, 5) is 44.8. The second-order valence-electron chi connectivity index (χ2n) is 3.82. The van der Waals surface area contributed by atoms with Gasteiger partial charge in [-0.3, -0.25) is 10.1 Å². The number of carboxylic acids is 1.